The third kappa shape index (κ3) is 3.99. The van der Waals surface area contributed by atoms with Crippen LogP contribution in [0.1, 0.15) is 38.9 Å². The van der Waals surface area contributed by atoms with E-state index in [2.05, 4.69) is 15.2 Å². The van der Waals surface area contributed by atoms with Gasteiger partial charge in [-0.2, -0.15) is 0 Å². The van der Waals surface area contributed by atoms with Crippen LogP contribution in [0.5, 0.6) is 5.75 Å². The quantitative estimate of drug-likeness (QED) is 0.670. The summed E-state index contributed by atoms with van der Waals surface area (Å²) < 4.78 is 15.9. The van der Waals surface area contributed by atoms with E-state index in [1.54, 1.807) is 30.3 Å². The minimum absolute atomic E-state index is 0.183. The highest BCUT2D eigenvalue weighted by molar-refractivity contribution is 5.96. The Bertz CT molecular complexity index is 1060. The molecule has 1 atom stereocenters. The molecule has 7 nitrogen and oxygen atoms in total. The minimum atomic E-state index is -0.446. The Morgan fingerprint density at radius 2 is 1.90 bits per heavy atom. The first-order valence-corrected chi connectivity index (χ1v) is 9.25. The van der Waals surface area contributed by atoms with Gasteiger partial charge in [-0.05, 0) is 42.8 Å². The zero-order chi connectivity index (χ0) is 20.4. The molecule has 0 fully saturated rings. The predicted molar refractivity (Wildman–Crippen MR) is 105 cm³/mol. The van der Waals surface area contributed by atoms with Gasteiger partial charge in [-0.25, -0.2) is 4.79 Å². The lowest BCUT2D eigenvalue weighted by atomic mass is 10.1. The molecule has 1 amide bonds. The van der Waals surface area contributed by atoms with Crippen LogP contribution in [0.25, 0.3) is 11.3 Å². The van der Waals surface area contributed by atoms with Crippen LogP contribution >= 0.6 is 0 Å². The van der Waals surface area contributed by atoms with Crippen LogP contribution < -0.4 is 10.1 Å². The molecule has 2 heterocycles. The van der Waals surface area contributed by atoms with Crippen LogP contribution in [-0.2, 0) is 17.7 Å². The summed E-state index contributed by atoms with van der Waals surface area (Å²) in [6.07, 6.45) is 1.09. The van der Waals surface area contributed by atoms with E-state index < -0.39 is 5.97 Å². The van der Waals surface area contributed by atoms with Gasteiger partial charge in [0, 0.05) is 23.6 Å². The van der Waals surface area contributed by atoms with E-state index in [9.17, 15) is 9.59 Å². The summed E-state index contributed by atoms with van der Waals surface area (Å²) in [5.41, 5.74) is 3.49. The van der Waals surface area contributed by atoms with Gasteiger partial charge < -0.3 is 19.3 Å². The number of hydrogen-bond acceptors (Lipinski definition) is 6. The maximum atomic E-state index is 12.3. The number of methoxy groups -OCH3 is 1. The number of esters is 1. The van der Waals surface area contributed by atoms with Gasteiger partial charge in [-0.1, -0.05) is 17.3 Å². The maximum Gasteiger partial charge on any atom is 0.337 e. The zero-order valence-electron chi connectivity index (χ0n) is 16.1. The number of aromatic nitrogens is 1. The van der Waals surface area contributed by atoms with Crippen molar-refractivity contribution in [1.29, 1.82) is 0 Å². The second kappa shape index (κ2) is 7.79. The topological polar surface area (TPSA) is 90.7 Å². The average molecular weight is 392 g/mol. The van der Waals surface area contributed by atoms with Gasteiger partial charge in [0.2, 0.25) is 0 Å². The molecule has 0 aliphatic carbocycles. The number of ether oxygens (including phenoxy) is 2. The second-order valence-electron chi connectivity index (χ2n) is 6.89. The summed E-state index contributed by atoms with van der Waals surface area (Å²) >= 11 is 0. The summed E-state index contributed by atoms with van der Waals surface area (Å²) in [5, 5.41) is 6.81. The molecule has 0 saturated heterocycles. The van der Waals surface area contributed by atoms with Crippen LogP contribution in [0, 0.1) is 0 Å². The number of rotatable bonds is 5. The fourth-order valence-corrected chi connectivity index (χ4v) is 3.23. The van der Waals surface area contributed by atoms with Crippen LogP contribution in [0.2, 0.25) is 0 Å². The van der Waals surface area contributed by atoms with E-state index in [0.29, 0.717) is 22.6 Å². The lowest BCUT2D eigenvalue weighted by Crippen LogP contribution is -2.23. The van der Waals surface area contributed by atoms with Crippen molar-refractivity contribution in [3.05, 3.63) is 70.9 Å². The van der Waals surface area contributed by atoms with E-state index in [1.165, 1.54) is 12.7 Å². The number of nitrogens with one attached hydrogen (secondary N) is 1. The fraction of sp³-hybridized carbons (Fsp3) is 0.227. The number of amides is 1. The van der Waals surface area contributed by atoms with E-state index >= 15 is 0 Å². The molecule has 0 spiro atoms. The lowest BCUT2D eigenvalue weighted by molar-refractivity contribution is 0.0600. The molecule has 0 radical (unpaired) electrons. The molecule has 3 aromatic rings. The molecule has 148 valence electrons. The molecule has 1 N–H and O–H groups in total. The number of carbonyl (C=O) groups is 2. The first-order valence-electron chi connectivity index (χ1n) is 9.25. The highest BCUT2D eigenvalue weighted by Crippen LogP contribution is 2.33. The molecule has 4 rings (SSSR count). The summed E-state index contributed by atoms with van der Waals surface area (Å²) in [4.78, 5) is 23.8. The number of fused-ring (bicyclic) bond motifs is 1. The van der Waals surface area contributed by atoms with Gasteiger partial charge in [-0.15, -0.1) is 0 Å². The molecule has 1 aliphatic rings. The normalized spacial score (nSPS) is 14.8. The molecule has 2 aromatic carbocycles. The molecule has 29 heavy (non-hydrogen) atoms. The Hall–Kier alpha value is -3.61. The monoisotopic (exact) mass is 392 g/mol. The van der Waals surface area contributed by atoms with Crippen molar-refractivity contribution >= 4 is 11.9 Å². The number of hydrogen-bond donors (Lipinski definition) is 1. The van der Waals surface area contributed by atoms with Crippen molar-refractivity contribution in [2.75, 3.05) is 7.11 Å². The molecule has 0 saturated carbocycles. The SMILES string of the molecule is COC(=O)c1ccc(C(=O)NCc2cc(-c3ccc4c(c3)OC(C)C4)on2)cc1. The van der Waals surface area contributed by atoms with Crippen molar-refractivity contribution in [2.45, 2.75) is 26.0 Å². The van der Waals surface area contributed by atoms with Crippen molar-refractivity contribution < 1.29 is 23.6 Å². The van der Waals surface area contributed by atoms with Crippen molar-refractivity contribution in [1.82, 2.24) is 10.5 Å². The zero-order valence-corrected chi connectivity index (χ0v) is 16.1. The van der Waals surface area contributed by atoms with Gasteiger partial charge in [0.1, 0.15) is 17.5 Å². The number of nitrogens with zero attached hydrogens (tertiary/aromatic N) is 1. The van der Waals surface area contributed by atoms with Crippen molar-refractivity contribution in [2.24, 2.45) is 0 Å². The standard InChI is InChI=1S/C22H20N2O5/c1-13-9-16-7-8-17(10-19(16)28-13)20-11-18(24-29-20)12-23-21(25)14-3-5-15(6-4-14)22(26)27-2/h3-8,10-11,13H,9,12H2,1-2H3,(H,23,25). The first-order chi connectivity index (χ1) is 14.0. The smallest absolute Gasteiger partial charge is 0.337 e. The maximum absolute atomic E-state index is 12.3. The second-order valence-corrected chi connectivity index (χ2v) is 6.89. The summed E-state index contributed by atoms with van der Waals surface area (Å²) in [5.74, 6) is 0.767. The minimum Gasteiger partial charge on any atom is -0.490 e. The van der Waals surface area contributed by atoms with Gasteiger partial charge in [0.25, 0.3) is 5.91 Å². The molecule has 7 heteroatoms. The van der Waals surface area contributed by atoms with E-state index in [4.69, 9.17) is 9.26 Å². The Morgan fingerprint density at radius 3 is 2.66 bits per heavy atom. The van der Waals surface area contributed by atoms with E-state index in [0.717, 1.165) is 17.7 Å². The molecule has 1 aromatic heterocycles. The van der Waals surface area contributed by atoms with Crippen molar-refractivity contribution in [3.8, 4) is 17.1 Å². The van der Waals surface area contributed by atoms with Gasteiger partial charge >= 0.3 is 5.97 Å². The Labute approximate surface area is 167 Å². The highest BCUT2D eigenvalue weighted by atomic mass is 16.5. The largest absolute Gasteiger partial charge is 0.490 e. The van der Waals surface area contributed by atoms with Crippen LogP contribution in [0.15, 0.2) is 53.1 Å². The molecule has 0 bridgehead atoms. The van der Waals surface area contributed by atoms with Gasteiger partial charge in [0.05, 0.1) is 19.2 Å². The Morgan fingerprint density at radius 1 is 1.14 bits per heavy atom. The van der Waals surface area contributed by atoms with Crippen LogP contribution in [-0.4, -0.2) is 30.2 Å². The summed E-state index contributed by atoms with van der Waals surface area (Å²) in [7, 11) is 1.31. The average Bonchev–Trinajstić information content (AvgIpc) is 3.36. The van der Waals surface area contributed by atoms with Gasteiger partial charge in [0.15, 0.2) is 5.76 Å². The fourth-order valence-electron chi connectivity index (χ4n) is 3.23. The molecule has 1 aliphatic heterocycles. The predicted octanol–water partition coefficient (Wildman–Crippen LogP) is 3.38. The Balaban J connectivity index is 1.39. The number of benzene rings is 2. The third-order valence-corrected chi connectivity index (χ3v) is 4.74. The van der Waals surface area contributed by atoms with E-state index in [-0.39, 0.29) is 18.6 Å². The molecular formula is C22H20N2O5. The van der Waals surface area contributed by atoms with E-state index in [1.807, 2.05) is 25.1 Å². The first kappa shape index (κ1) is 18.7. The lowest BCUT2D eigenvalue weighted by Gasteiger charge is -2.04. The Kier molecular flexibility index (Phi) is 5.03. The number of carbonyl (C=O) groups excluding carboxylic acids is 2. The molecular weight excluding hydrogens is 372 g/mol. The van der Waals surface area contributed by atoms with Crippen LogP contribution in [0.4, 0.5) is 0 Å². The summed E-state index contributed by atoms with van der Waals surface area (Å²) in [6, 6.07) is 14.0. The van der Waals surface area contributed by atoms with Crippen molar-refractivity contribution in [3.63, 3.8) is 0 Å². The summed E-state index contributed by atoms with van der Waals surface area (Å²) in [6.45, 7) is 2.26. The highest BCUT2D eigenvalue weighted by Gasteiger charge is 2.20. The van der Waals surface area contributed by atoms with Gasteiger partial charge in [-0.3, -0.25) is 4.79 Å². The van der Waals surface area contributed by atoms with Crippen LogP contribution in [0.3, 0.4) is 0 Å². The molecule has 1 unspecified atom stereocenters. The third-order valence-electron chi connectivity index (χ3n) is 4.74.